The van der Waals surface area contributed by atoms with E-state index < -0.39 is 0 Å². The van der Waals surface area contributed by atoms with E-state index in [1.165, 1.54) is 77.4 Å². The third kappa shape index (κ3) is 4.46. The second kappa shape index (κ2) is 6.58. The van der Waals surface area contributed by atoms with Gasteiger partial charge in [0.25, 0.3) is 0 Å². The molecule has 1 unspecified atom stereocenters. The van der Waals surface area contributed by atoms with Gasteiger partial charge in [0.2, 0.25) is 0 Å². The Hall–Kier alpha value is -0.0800. The van der Waals surface area contributed by atoms with E-state index in [0.29, 0.717) is 0 Å². The van der Waals surface area contributed by atoms with Crippen molar-refractivity contribution in [1.29, 1.82) is 0 Å². The van der Waals surface area contributed by atoms with Crippen LogP contribution in [0.1, 0.15) is 57.8 Å². The van der Waals surface area contributed by atoms with Crippen LogP contribution >= 0.6 is 0 Å². The van der Waals surface area contributed by atoms with Crippen LogP contribution in [-0.2, 0) is 0 Å². The average Bonchev–Trinajstić information content (AvgIpc) is 3.33. The number of nitrogens with one attached hydrogen (secondary N) is 1. The lowest BCUT2D eigenvalue weighted by Crippen LogP contribution is -2.46. The van der Waals surface area contributed by atoms with E-state index in [2.05, 4.69) is 17.3 Å². The SMILES string of the molecule is CNC(CN(CC1CC1)CC1CC1)C1CCCCC1. The fraction of sp³-hybridized carbons (Fsp3) is 1.00. The van der Waals surface area contributed by atoms with Gasteiger partial charge in [0, 0.05) is 25.7 Å². The molecule has 0 bridgehead atoms. The Morgan fingerprint density at radius 2 is 1.47 bits per heavy atom. The maximum Gasteiger partial charge on any atom is 0.0220 e. The van der Waals surface area contributed by atoms with Gasteiger partial charge in [-0.25, -0.2) is 0 Å². The second-order valence-corrected chi connectivity index (χ2v) is 7.40. The normalized spacial score (nSPS) is 26.8. The monoisotopic (exact) mass is 264 g/mol. The summed E-state index contributed by atoms with van der Waals surface area (Å²) in [7, 11) is 2.19. The molecule has 3 aliphatic carbocycles. The lowest BCUT2D eigenvalue weighted by atomic mass is 9.83. The van der Waals surface area contributed by atoms with Gasteiger partial charge in [-0.1, -0.05) is 19.3 Å². The number of rotatable bonds is 8. The van der Waals surface area contributed by atoms with Crippen LogP contribution < -0.4 is 5.32 Å². The molecule has 0 radical (unpaired) electrons. The minimum Gasteiger partial charge on any atom is -0.315 e. The summed E-state index contributed by atoms with van der Waals surface area (Å²) in [6.07, 6.45) is 13.3. The van der Waals surface area contributed by atoms with Crippen LogP contribution in [-0.4, -0.2) is 37.6 Å². The lowest BCUT2D eigenvalue weighted by Gasteiger charge is -2.34. The molecule has 0 aromatic rings. The first-order valence-electron chi connectivity index (χ1n) is 8.74. The molecular formula is C17H32N2. The van der Waals surface area contributed by atoms with E-state index in [1.807, 2.05) is 0 Å². The molecule has 1 atom stereocenters. The molecule has 110 valence electrons. The van der Waals surface area contributed by atoms with Gasteiger partial charge in [-0.05, 0) is 63.3 Å². The molecule has 2 nitrogen and oxygen atoms in total. The summed E-state index contributed by atoms with van der Waals surface area (Å²) >= 11 is 0. The Bertz CT molecular complexity index is 250. The summed E-state index contributed by atoms with van der Waals surface area (Å²) in [4.78, 5) is 2.81. The van der Waals surface area contributed by atoms with Crippen LogP contribution in [0.15, 0.2) is 0 Å². The molecule has 0 spiro atoms. The summed E-state index contributed by atoms with van der Waals surface area (Å²) < 4.78 is 0. The maximum atomic E-state index is 3.65. The largest absolute Gasteiger partial charge is 0.315 e. The molecular weight excluding hydrogens is 232 g/mol. The molecule has 19 heavy (non-hydrogen) atoms. The van der Waals surface area contributed by atoms with Gasteiger partial charge in [0.1, 0.15) is 0 Å². The molecule has 0 heterocycles. The molecule has 3 fully saturated rings. The van der Waals surface area contributed by atoms with Gasteiger partial charge < -0.3 is 10.2 Å². The molecule has 2 heteroatoms. The van der Waals surface area contributed by atoms with E-state index in [1.54, 1.807) is 0 Å². The van der Waals surface area contributed by atoms with Crippen molar-refractivity contribution in [2.45, 2.75) is 63.8 Å². The topological polar surface area (TPSA) is 15.3 Å². The Morgan fingerprint density at radius 1 is 0.895 bits per heavy atom. The van der Waals surface area contributed by atoms with Crippen molar-refractivity contribution in [3.05, 3.63) is 0 Å². The Balaban J connectivity index is 1.50. The van der Waals surface area contributed by atoms with Crippen molar-refractivity contribution >= 4 is 0 Å². The summed E-state index contributed by atoms with van der Waals surface area (Å²) in [5, 5.41) is 3.65. The van der Waals surface area contributed by atoms with Crippen molar-refractivity contribution in [3.63, 3.8) is 0 Å². The van der Waals surface area contributed by atoms with Crippen molar-refractivity contribution in [2.24, 2.45) is 17.8 Å². The summed E-state index contributed by atoms with van der Waals surface area (Å²) in [5.74, 6) is 3.03. The molecule has 3 rings (SSSR count). The zero-order valence-electron chi connectivity index (χ0n) is 12.7. The predicted octanol–water partition coefficient (Wildman–Crippen LogP) is 3.28. The second-order valence-electron chi connectivity index (χ2n) is 7.40. The minimum absolute atomic E-state index is 0.748. The van der Waals surface area contributed by atoms with Gasteiger partial charge in [0.05, 0.1) is 0 Å². The zero-order chi connectivity index (χ0) is 13.1. The third-order valence-corrected chi connectivity index (χ3v) is 5.47. The highest BCUT2D eigenvalue weighted by Gasteiger charge is 2.31. The first kappa shape index (κ1) is 13.9. The van der Waals surface area contributed by atoms with Crippen LogP contribution in [0, 0.1) is 17.8 Å². The standard InChI is InChI=1S/C17H32N2/c1-18-17(16-5-3-2-4-6-16)13-19(11-14-7-8-14)12-15-9-10-15/h14-18H,2-13H2,1H3. The Morgan fingerprint density at radius 3 is 1.95 bits per heavy atom. The van der Waals surface area contributed by atoms with E-state index in [9.17, 15) is 0 Å². The van der Waals surface area contributed by atoms with E-state index in [0.717, 1.165) is 23.8 Å². The highest BCUT2D eigenvalue weighted by Crippen LogP contribution is 2.34. The number of likely N-dealkylation sites (N-methyl/N-ethyl adjacent to an activating group) is 1. The average molecular weight is 264 g/mol. The van der Waals surface area contributed by atoms with Gasteiger partial charge in [0.15, 0.2) is 0 Å². The quantitative estimate of drug-likeness (QED) is 0.724. The Labute approximate surface area is 119 Å². The first-order chi connectivity index (χ1) is 9.35. The molecule has 0 aliphatic heterocycles. The van der Waals surface area contributed by atoms with Crippen molar-refractivity contribution in [3.8, 4) is 0 Å². The fourth-order valence-corrected chi connectivity index (χ4v) is 3.85. The fourth-order valence-electron chi connectivity index (χ4n) is 3.85. The number of hydrogen-bond acceptors (Lipinski definition) is 2. The minimum atomic E-state index is 0.748. The molecule has 3 saturated carbocycles. The molecule has 0 saturated heterocycles. The summed E-state index contributed by atoms with van der Waals surface area (Å²) in [5.41, 5.74) is 0. The molecule has 3 aliphatic rings. The van der Waals surface area contributed by atoms with Crippen LogP contribution in [0.3, 0.4) is 0 Å². The van der Waals surface area contributed by atoms with Crippen LogP contribution in [0.4, 0.5) is 0 Å². The summed E-state index contributed by atoms with van der Waals surface area (Å²) in [6.45, 7) is 4.09. The molecule has 0 aromatic carbocycles. The van der Waals surface area contributed by atoms with Crippen LogP contribution in [0.25, 0.3) is 0 Å². The zero-order valence-corrected chi connectivity index (χ0v) is 12.7. The molecule has 1 N–H and O–H groups in total. The smallest absolute Gasteiger partial charge is 0.0220 e. The molecule has 0 amide bonds. The van der Waals surface area contributed by atoms with Gasteiger partial charge in [-0.15, -0.1) is 0 Å². The van der Waals surface area contributed by atoms with Crippen molar-refractivity contribution in [1.82, 2.24) is 10.2 Å². The van der Waals surface area contributed by atoms with E-state index in [4.69, 9.17) is 0 Å². The lowest BCUT2D eigenvalue weighted by molar-refractivity contribution is 0.178. The van der Waals surface area contributed by atoms with Gasteiger partial charge in [-0.3, -0.25) is 0 Å². The van der Waals surface area contributed by atoms with E-state index >= 15 is 0 Å². The highest BCUT2D eigenvalue weighted by atomic mass is 15.2. The highest BCUT2D eigenvalue weighted by molar-refractivity contribution is 4.87. The van der Waals surface area contributed by atoms with Crippen LogP contribution in [0.2, 0.25) is 0 Å². The van der Waals surface area contributed by atoms with Crippen molar-refractivity contribution < 1.29 is 0 Å². The third-order valence-electron chi connectivity index (χ3n) is 5.47. The first-order valence-corrected chi connectivity index (χ1v) is 8.74. The van der Waals surface area contributed by atoms with Gasteiger partial charge in [-0.2, -0.15) is 0 Å². The predicted molar refractivity (Wildman–Crippen MR) is 81.3 cm³/mol. The van der Waals surface area contributed by atoms with Crippen LogP contribution in [0.5, 0.6) is 0 Å². The maximum absolute atomic E-state index is 3.65. The summed E-state index contributed by atoms with van der Waals surface area (Å²) in [6, 6.07) is 0.748. The number of hydrogen-bond donors (Lipinski definition) is 1. The number of nitrogens with zero attached hydrogens (tertiary/aromatic N) is 1. The van der Waals surface area contributed by atoms with Gasteiger partial charge >= 0.3 is 0 Å². The van der Waals surface area contributed by atoms with Crippen molar-refractivity contribution in [2.75, 3.05) is 26.7 Å². The van der Waals surface area contributed by atoms with E-state index in [-0.39, 0.29) is 0 Å². The Kier molecular flexibility index (Phi) is 4.81. The molecule has 0 aromatic heterocycles.